The second-order valence-corrected chi connectivity index (χ2v) is 4.71. The first-order chi connectivity index (χ1) is 9.04. The fourth-order valence-electron chi connectivity index (χ4n) is 1.86. The number of carbonyl (C=O) groups excluding carboxylic acids is 2. The van der Waals surface area contributed by atoms with Crippen LogP contribution in [0.1, 0.15) is 34.4 Å². The Morgan fingerprint density at radius 2 is 1.53 bits per heavy atom. The molecule has 0 spiro atoms. The van der Waals surface area contributed by atoms with E-state index in [9.17, 15) is 9.59 Å². The number of benzene rings is 1. The summed E-state index contributed by atoms with van der Waals surface area (Å²) in [5, 5.41) is 0. The number of aryl methyl sites for hydroxylation is 1. The molecule has 0 bridgehead atoms. The molecule has 0 atom stereocenters. The van der Waals surface area contributed by atoms with Gasteiger partial charge in [-0.15, -0.1) is 0 Å². The monoisotopic (exact) mass is 256 g/mol. The largest absolute Gasteiger partial charge is 0.465 e. The maximum atomic E-state index is 12.0. The van der Waals surface area contributed by atoms with Gasteiger partial charge < -0.3 is 4.42 Å². The van der Waals surface area contributed by atoms with Gasteiger partial charge in [0, 0.05) is 5.56 Å². The molecular formula is C16H16O3. The minimum absolute atomic E-state index is 0.0173. The van der Waals surface area contributed by atoms with E-state index in [4.69, 9.17) is 4.42 Å². The van der Waals surface area contributed by atoms with Crippen LogP contribution < -0.4 is 0 Å². The fraction of sp³-hybridized carbons (Fsp3) is 0.250. The molecule has 0 amide bonds. The highest BCUT2D eigenvalue weighted by molar-refractivity contribution is 5.97. The van der Waals surface area contributed by atoms with Crippen molar-refractivity contribution in [1.82, 2.24) is 0 Å². The first kappa shape index (κ1) is 13.3. The maximum absolute atomic E-state index is 12.0. The lowest BCUT2D eigenvalue weighted by Crippen LogP contribution is -2.02. The Bertz CT molecular complexity index is 591. The van der Waals surface area contributed by atoms with Crippen molar-refractivity contribution in [3.05, 3.63) is 59.0 Å². The lowest BCUT2D eigenvalue weighted by atomic mass is 10.1. The molecule has 98 valence electrons. The smallest absolute Gasteiger partial charge is 0.170 e. The number of furan rings is 1. The molecule has 0 radical (unpaired) electrons. The number of hydrogen-bond acceptors (Lipinski definition) is 3. The van der Waals surface area contributed by atoms with Crippen LogP contribution in [0.2, 0.25) is 0 Å². The highest BCUT2D eigenvalue weighted by atomic mass is 16.3. The summed E-state index contributed by atoms with van der Waals surface area (Å²) in [6.45, 7) is 3.49. The van der Waals surface area contributed by atoms with Gasteiger partial charge >= 0.3 is 0 Å². The van der Waals surface area contributed by atoms with Crippen molar-refractivity contribution in [3.8, 4) is 0 Å². The molecule has 0 saturated carbocycles. The zero-order valence-electron chi connectivity index (χ0n) is 11.1. The summed E-state index contributed by atoms with van der Waals surface area (Å²) < 4.78 is 5.47. The van der Waals surface area contributed by atoms with Crippen molar-refractivity contribution in [1.29, 1.82) is 0 Å². The average Bonchev–Trinajstić information content (AvgIpc) is 2.76. The Morgan fingerprint density at radius 1 is 0.947 bits per heavy atom. The molecule has 0 N–H and O–H groups in total. The number of hydrogen-bond donors (Lipinski definition) is 0. The maximum Gasteiger partial charge on any atom is 0.170 e. The van der Waals surface area contributed by atoms with Crippen molar-refractivity contribution in [2.75, 3.05) is 0 Å². The van der Waals surface area contributed by atoms with Crippen LogP contribution in [0.15, 0.2) is 40.8 Å². The van der Waals surface area contributed by atoms with Crippen molar-refractivity contribution >= 4 is 11.6 Å². The number of Topliss-reactive ketones (excluding diaryl/α,β-unsaturated/α-hetero) is 2. The molecule has 3 heteroatoms. The summed E-state index contributed by atoms with van der Waals surface area (Å²) >= 11 is 0. The quantitative estimate of drug-likeness (QED) is 0.772. The predicted octanol–water partition coefficient (Wildman–Crippen LogP) is 3.14. The summed E-state index contributed by atoms with van der Waals surface area (Å²) in [7, 11) is 0. The SMILES string of the molecule is CC(=O)Cc1ccc(CC(=O)c2ccc(C)cc2)o1. The van der Waals surface area contributed by atoms with Crippen molar-refractivity contribution in [2.24, 2.45) is 0 Å². The normalized spacial score (nSPS) is 10.4. The van der Waals surface area contributed by atoms with Gasteiger partial charge in [-0.25, -0.2) is 0 Å². The van der Waals surface area contributed by atoms with Crippen LogP contribution in [0.5, 0.6) is 0 Å². The van der Waals surface area contributed by atoms with Gasteiger partial charge in [0.2, 0.25) is 0 Å². The van der Waals surface area contributed by atoms with E-state index in [1.54, 1.807) is 12.1 Å². The van der Waals surface area contributed by atoms with Gasteiger partial charge in [-0.1, -0.05) is 29.8 Å². The van der Waals surface area contributed by atoms with Gasteiger partial charge in [0.1, 0.15) is 17.3 Å². The summed E-state index contributed by atoms with van der Waals surface area (Å²) in [5.74, 6) is 1.27. The van der Waals surface area contributed by atoms with Crippen LogP contribution in [-0.4, -0.2) is 11.6 Å². The second-order valence-electron chi connectivity index (χ2n) is 4.71. The van der Waals surface area contributed by atoms with Gasteiger partial charge in [0.05, 0.1) is 12.8 Å². The third-order valence-electron chi connectivity index (χ3n) is 2.85. The van der Waals surface area contributed by atoms with E-state index in [1.807, 2.05) is 31.2 Å². The topological polar surface area (TPSA) is 47.3 Å². The van der Waals surface area contributed by atoms with Crippen LogP contribution in [0.4, 0.5) is 0 Å². The molecule has 0 saturated heterocycles. The van der Waals surface area contributed by atoms with E-state index in [0.717, 1.165) is 5.56 Å². The molecule has 2 aromatic rings. The van der Waals surface area contributed by atoms with E-state index in [2.05, 4.69) is 0 Å². The number of carbonyl (C=O) groups is 2. The van der Waals surface area contributed by atoms with Gasteiger partial charge in [-0.3, -0.25) is 9.59 Å². The van der Waals surface area contributed by atoms with Crippen LogP contribution >= 0.6 is 0 Å². The summed E-state index contributed by atoms with van der Waals surface area (Å²) in [6.07, 6.45) is 0.500. The van der Waals surface area contributed by atoms with Crippen LogP contribution in [0.3, 0.4) is 0 Å². The van der Waals surface area contributed by atoms with Crippen LogP contribution in [-0.2, 0) is 17.6 Å². The second kappa shape index (κ2) is 5.65. The van der Waals surface area contributed by atoms with E-state index in [0.29, 0.717) is 17.1 Å². The summed E-state index contributed by atoms with van der Waals surface area (Å²) in [4.78, 5) is 23.0. The van der Waals surface area contributed by atoms with Crippen LogP contribution in [0, 0.1) is 6.92 Å². The minimum atomic E-state index is 0.0173. The van der Waals surface area contributed by atoms with Crippen molar-refractivity contribution in [2.45, 2.75) is 26.7 Å². The van der Waals surface area contributed by atoms with Gasteiger partial charge in [0.25, 0.3) is 0 Å². The third kappa shape index (κ3) is 3.65. The molecule has 19 heavy (non-hydrogen) atoms. The highest BCUT2D eigenvalue weighted by Crippen LogP contribution is 2.13. The van der Waals surface area contributed by atoms with Crippen molar-refractivity contribution < 1.29 is 14.0 Å². The van der Waals surface area contributed by atoms with E-state index >= 15 is 0 Å². The molecule has 1 heterocycles. The van der Waals surface area contributed by atoms with Gasteiger partial charge in [-0.2, -0.15) is 0 Å². The molecule has 3 nitrogen and oxygen atoms in total. The fourth-order valence-corrected chi connectivity index (χ4v) is 1.86. The average molecular weight is 256 g/mol. The Kier molecular flexibility index (Phi) is 3.95. The molecule has 0 aliphatic rings. The minimum Gasteiger partial charge on any atom is -0.465 e. The molecular weight excluding hydrogens is 240 g/mol. The predicted molar refractivity (Wildman–Crippen MR) is 72.3 cm³/mol. The molecule has 1 aromatic heterocycles. The molecule has 0 unspecified atom stereocenters. The number of rotatable bonds is 5. The number of ketones is 2. The van der Waals surface area contributed by atoms with Crippen LogP contribution in [0.25, 0.3) is 0 Å². The van der Waals surface area contributed by atoms with E-state index < -0.39 is 0 Å². The Hall–Kier alpha value is -2.16. The standard InChI is InChI=1S/C16H16O3/c1-11-3-5-13(6-4-11)16(18)10-15-8-7-14(19-15)9-12(2)17/h3-8H,9-10H2,1-2H3. The highest BCUT2D eigenvalue weighted by Gasteiger charge is 2.11. The Balaban J connectivity index is 2.04. The van der Waals surface area contributed by atoms with Gasteiger partial charge in [-0.05, 0) is 26.0 Å². The van der Waals surface area contributed by atoms with E-state index in [-0.39, 0.29) is 24.4 Å². The molecule has 0 aliphatic carbocycles. The Morgan fingerprint density at radius 3 is 2.11 bits per heavy atom. The lowest BCUT2D eigenvalue weighted by Gasteiger charge is -2.00. The molecule has 2 rings (SSSR count). The first-order valence-electron chi connectivity index (χ1n) is 6.21. The summed E-state index contributed by atoms with van der Waals surface area (Å²) in [6, 6.07) is 11.0. The molecule has 1 aromatic carbocycles. The van der Waals surface area contributed by atoms with Gasteiger partial charge in [0.15, 0.2) is 5.78 Å². The molecule has 0 aliphatic heterocycles. The Labute approximate surface area is 112 Å². The summed E-state index contributed by atoms with van der Waals surface area (Å²) in [5.41, 5.74) is 1.80. The third-order valence-corrected chi connectivity index (χ3v) is 2.85. The first-order valence-corrected chi connectivity index (χ1v) is 6.21. The zero-order valence-corrected chi connectivity index (χ0v) is 11.1. The zero-order chi connectivity index (χ0) is 13.8. The molecule has 0 fully saturated rings. The van der Waals surface area contributed by atoms with Crippen molar-refractivity contribution in [3.63, 3.8) is 0 Å². The van der Waals surface area contributed by atoms with E-state index in [1.165, 1.54) is 6.92 Å². The lowest BCUT2D eigenvalue weighted by molar-refractivity contribution is -0.116.